The number of carboxylic acids is 1. The molecule has 0 bridgehead atoms. The van der Waals surface area contributed by atoms with Gasteiger partial charge >= 0.3 is 5.97 Å². The molecule has 0 aromatic carbocycles. The molecule has 0 aromatic heterocycles. The number of piperidine rings is 1. The molecule has 5 nitrogen and oxygen atoms in total. The van der Waals surface area contributed by atoms with Crippen LogP contribution in [0.1, 0.15) is 73.6 Å². The maximum Gasteiger partial charge on any atom is 0.327 e. The van der Waals surface area contributed by atoms with Gasteiger partial charge in [0.25, 0.3) is 0 Å². The van der Waals surface area contributed by atoms with E-state index in [4.69, 9.17) is 5.11 Å². The largest absolute Gasteiger partial charge is 0.478 e. The predicted molar refractivity (Wildman–Crippen MR) is 106 cm³/mol. The number of nitrogens with zero attached hydrogens (tertiary/aromatic N) is 2. The van der Waals surface area contributed by atoms with Crippen LogP contribution in [0.2, 0.25) is 0 Å². The highest BCUT2D eigenvalue weighted by Crippen LogP contribution is 2.40. The SMILES string of the molecule is CCN(CCCCC(C)C=CC(=O)O)CC1CC(C)(C)N(O)C(C)(C)C1. The van der Waals surface area contributed by atoms with Crippen molar-refractivity contribution in [3.63, 3.8) is 0 Å². The van der Waals surface area contributed by atoms with Crippen molar-refractivity contribution in [2.24, 2.45) is 11.8 Å². The average molecular weight is 369 g/mol. The van der Waals surface area contributed by atoms with Crippen LogP contribution in [0.15, 0.2) is 12.2 Å². The summed E-state index contributed by atoms with van der Waals surface area (Å²) in [6, 6.07) is 0. The number of carboxylic acid groups (broad SMARTS) is 1. The first-order valence-electron chi connectivity index (χ1n) is 10.1. The summed E-state index contributed by atoms with van der Waals surface area (Å²) in [5.74, 6) is 0.0474. The number of hydrogen-bond donors (Lipinski definition) is 2. The molecule has 5 heteroatoms. The smallest absolute Gasteiger partial charge is 0.327 e. The van der Waals surface area contributed by atoms with Gasteiger partial charge in [-0.1, -0.05) is 26.3 Å². The number of rotatable bonds is 10. The second-order valence-electron chi connectivity index (χ2n) is 9.27. The van der Waals surface area contributed by atoms with Gasteiger partial charge in [-0.2, -0.15) is 5.06 Å². The fourth-order valence-corrected chi connectivity index (χ4v) is 4.49. The van der Waals surface area contributed by atoms with E-state index in [1.54, 1.807) is 11.1 Å². The average Bonchev–Trinajstić information content (AvgIpc) is 2.52. The molecule has 1 unspecified atom stereocenters. The van der Waals surface area contributed by atoms with E-state index in [0.29, 0.717) is 11.8 Å². The van der Waals surface area contributed by atoms with Crippen molar-refractivity contribution in [1.82, 2.24) is 9.96 Å². The van der Waals surface area contributed by atoms with E-state index in [1.807, 2.05) is 0 Å². The number of unbranched alkanes of at least 4 members (excludes halogenated alkanes) is 1. The molecule has 1 aliphatic rings. The summed E-state index contributed by atoms with van der Waals surface area (Å²) < 4.78 is 0. The Labute approximate surface area is 160 Å². The van der Waals surface area contributed by atoms with Crippen LogP contribution in [-0.4, -0.2) is 57.0 Å². The van der Waals surface area contributed by atoms with Crippen molar-refractivity contribution in [1.29, 1.82) is 0 Å². The Hall–Kier alpha value is -0.910. The zero-order valence-electron chi connectivity index (χ0n) is 17.7. The third kappa shape index (κ3) is 7.37. The van der Waals surface area contributed by atoms with Gasteiger partial charge in [-0.15, -0.1) is 0 Å². The highest BCUT2D eigenvalue weighted by atomic mass is 16.5. The molecule has 0 amide bonds. The molecule has 26 heavy (non-hydrogen) atoms. The minimum absolute atomic E-state index is 0.183. The zero-order chi connectivity index (χ0) is 20.0. The molecule has 1 heterocycles. The van der Waals surface area contributed by atoms with Crippen molar-refractivity contribution in [3.8, 4) is 0 Å². The second-order valence-corrected chi connectivity index (χ2v) is 9.27. The summed E-state index contributed by atoms with van der Waals surface area (Å²) >= 11 is 0. The minimum Gasteiger partial charge on any atom is -0.478 e. The van der Waals surface area contributed by atoms with Crippen molar-refractivity contribution in [3.05, 3.63) is 12.2 Å². The van der Waals surface area contributed by atoms with Crippen molar-refractivity contribution in [2.45, 2.75) is 84.7 Å². The van der Waals surface area contributed by atoms with Crippen LogP contribution in [-0.2, 0) is 4.79 Å². The van der Waals surface area contributed by atoms with Gasteiger partial charge in [-0.05, 0) is 78.3 Å². The Morgan fingerprint density at radius 3 is 2.31 bits per heavy atom. The quantitative estimate of drug-likeness (QED) is 0.442. The molecule has 1 aliphatic heterocycles. The van der Waals surface area contributed by atoms with Gasteiger partial charge in [-0.3, -0.25) is 0 Å². The molecular formula is C21H40N2O3. The molecule has 0 aliphatic carbocycles. The lowest BCUT2D eigenvalue weighted by atomic mass is 9.75. The molecular weight excluding hydrogens is 328 g/mol. The maximum absolute atomic E-state index is 10.6. The number of hydroxylamine groups is 2. The normalized spacial score (nSPS) is 22.2. The van der Waals surface area contributed by atoms with Crippen LogP contribution < -0.4 is 0 Å². The third-order valence-corrected chi connectivity index (χ3v) is 5.64. The fraction of sp³-hybridized carbons (Fsp3) is 0.857. The molecule has 2 N–H and O–H groups in total. The highest BCUT2D eigenvalue weighted by molar-refractivity contribution is 5.79. The Balaban J connectivity index is 2.42. The summed E-state index contributed by atoms with van der Waals surface area (Å²) in [4.78, 5) is 13.1. The van der Waals surface area contributed by atoms with Gasteiger partial charge < -0.3 is 15.2 Å². The lowest BCUT2D eigenvalue weighted by Gasteiger charge is -2.52. The van der Waals surface area contributed by atoms with Gasteiger partial charge in [0, 0.05) is 23.7 Å². The first-order valence-corrected chi connectivity index (χ1v) is 10.1. The van der Waals surface area contributed by atoms with E-state index in [9.17, 15) is 10.0 Å². The van der Waals surface area contributed by atoms with E-state index in [0.717, 1.165) is 51.7 Å². The number of allylic oxidation sites excluding steroid dienone is 1. The number of carbonyl (C=O) groups is 1. The van der Waals surface area contributed by atoms with Crippen LogP contribution >= 0.6 is 0 Å². The molecule has 0 saturated carbocycles. The van der Waals surface area contributed by atoms with E-state index in [1.165, 1.54) is 6.08 Å². The van der Waals surface area contributed by atoms with E-state index >= 15 is 0 Å². The predicted octanol–water partition coefficient (Wildman–Crippen LogP) is 4.41. The van der Waals surface area contributed by atoms with Gasteiger partial charge in [0.05, 0.1) is 0 Å². The van der Waals surface area contributed by atoms with Crippen LogP contribution in [0.25, 0.3) is 0 Å². The third-order valence-electron chi connectivity index (χ3n) is 5.64. The van der Waals surface area contributed by atoms with Gasteiger partial charge in [-0.25, -0.2) is 4.79 Å². The fourth-order valence-electron chi connectivity index (χ4n) is 4.49. The second kappa shape index (κ2) is 9.86. The van der Waals surface area contributed by atoms with Crippen LogP contribution in [0, 0.1) is 11.8 Å². The lowest BCUT2D eigenvalue weighted by molar-refractivity contribution is -0.251. The standard InChI is InChI=1S/C21H40N2O3/c1-7-22(13-9-8-10-17(2)11-12-19(24)25)16-18-14-20(3,4)23(26)21(5,6)15-18/h11-12,17-18,26H,7-10,13-16H2,1-6H3,(H,24,25). The van der Waals surface area contributed by atoms with Crippen LogP contribution in [0.3, 0.4) is 0 Å². The molecule has 1 rings (SSSR count). The van der Waals surface area contributed by atoms with E-state index in [-0.39, 0.29) is 11.1 Å². The highest BCUT2D eigenvalue weighted by Gasteiger charge is 2.45. The summed E-state index contributed by atoms with van der Waals surface area (Å²) in [5.41, 5.74) is -0.366. The van der Waals surface area contributed by atoms with Gasteiger partial charge in [0.15, 0.2) is 0 Å². The van der Waals surface area contributed by atoms with Crippen LogP contribution in [0.4, 0.5) is 0 Å². The maximum atomic E-state index is 10.6. The van der Waals surface area contributed by atoms with Crippen molar-refractivity contribution < 1.29 is 15.1 Å². The van der Waals surface area contributed by atoms with Crippen molar-refractivity contribution >= 4 is 5.97 Å². The lowest BCUT2D eigenvalue weighted by Crippen LogP contribution is -2.60. The molecule has 1 fully saturated rings. The number of hydrogen-bond acceptors (Lipinski definition) is 4. The molecule has 0 aromatic rings. The van der Waals surface area contributed by atoms with Gasteiger partial charge in [0.2, 0.25) is 0 Å². The summed E-state index contributed by atoms with van der Waals surface area (Å²) in [5, 5.41) is 20.7. The van der Waals surface area contributed by atoms with Gasteiger partial charge in [0.1, 0.15) is 0 Å². The Bertz CT molecular complexity index is 456. The van der Waals surface area contributed by atoms with Crippen molar-refractivity contribution in [2.75, 3.05) is 19.6 Å². The van der Waals surface area contributed by atoms with E-state index < -0.39 is 5.97 Å². The number of aliphatic carboxylic acids is 1. The molecule has 152 valence electrons. The molecule has 0 radical (unpaired) electrons. The zero-order valence-corrected chi connectivity index (χ0v) is 17.7. The molecule has 1 atom stereocenters. The Morgan fingerprint density at radius 1 is 1.23 bits per heavy atom. The Morgan fingerprint density at radius 2 is 1.81 bits per heavy atom. The summed E-state index contributed by atoms with van der Waals surface area (Å²) in [7, 11) is 0. The topological polar surface area (TPSA) is 64.0 Å². The monoisotopic (exact) mass is 368 g/mol. The molecule has 1 saturated heterocycles. The molecule has 0 spiro atoms. The Kier molecular flexibility index (Phi) is 8.77. The van der Waals surface area contributed by atoms with Crippen LogP contribution in [0.5, 0.6) is 0 Å². The summed E-state index contributed by atoms with van der Waals surface area (Å²) in [6.45, 7) is 16.0. The first kappa shape index (κ1) is 23.1. The summed E-state index contributed by atoms with van der Waals surface area (Å²) in [6.07, 6.45) is 8.36. The van der Waals surface area contributed by atoms with E-state index in [2.05, 4.69) is 46.4 Å². The minimum atomic E-state index is -0.867. The first-order chi connectivity index (χ1) is 12.0.